The third-order valence-electron chi connectivity index (χ3n) is 4.46. The summed E-state index contributed by atoms with van der Waals surface area (Å²) in [6, 6.07) is 7.44. The fourth-order valence-electron chi connectivity index (χ4n) is 2.82. The van der Waals surface area contributed by atoms with E-state index >= 15 is 0 Å². The summed E-state index contributed by atoms with van der Waals surface area (Å²) in [5, 5.41) is -0.586. The van der Waals surface area contributed by atoms with Crippen molar-refractivity contribution in [3.8, 4) is 0 Å². The fourth-order valence-corrected chi connectivity index (χ4v) is 4.97. The quantitative estimate of drug-likeness (QED) is 0.571. The number of thiazole rings is 1. The molecule has 3 rings (SSSR count). The van der Waals surface area contributed by atoms with Crippen LogP contribution in [0.4, 0.5) is 8.78 Å². The molecule has 0 bridgehead atoms. The number of ether oxygens (including phenoxy) is 1. The molecule has 0 saturated carbocycles. The van der Waals surface area contributed by atoms with Crippen LogP contribution in [0.15, 0.2) is 46.3 Å². The Labute approximate surface area is 176 Å². The Hall–Kier alpha value is -2.43. The van der Waals surface area contributed by atoms with Crippen molar-refractivity contribution in [2.75, 3.05) is 13.7 Å². The van der Waals surface area contributed by atoms with Crippen LogP contribution in [0.2, 0.25) is 0 Å². The molecule has 1 heterocycles. The van der Waals surface area contributed by atoms with E-state index < -0.39 is 32.6 Å². The molecule has 0 aliphatic heterocycles. The lowest BCUT2D eigenvalue weighted by molar-refractivity contribution is 0.0997. The predicted octanol–water partition coefficient (Wildman–Crippen LogP) is 3.55. The van der Waals surface area contributed by atoms with Crippen LogP contribution in [0, 0.1) is 11.6 Å². The molecule has 0 aliphatic carbocycles. The molecule has 2 aromatic carbocycles. The molecule has 0 radical (unpaired) electrons. The van der Waals surface area contributed by atoms with Crippen molar-refractivity contribution in [2.24, 2.45) is 4.99 Å². The molecule has 0 unspecified atom stereocenters. The number of benzene rings is 2. The van der Waals surface area contributed by atoms with Crippen LogP contribution in [0.3, 0.4) is 0 Å². The third kappa shape index (κ3) is 4.35. The summed E-state index contributed by atoms with van der Waals surface area (Å²) in [4.78, 5) is 17.0. The number of rotatable bonds is 6. The first-order chi connectivity index (χ1) is 14.1. The molecule has 0 saturated heterocycles. The van der Waals surface area contributed by atoms with E-state index in [1.54, 1.807) is 13.8 Å². The molecule has 1 amide bonds. The number of carbonyl (C=O) groups excluding carboxylic acids is 1. The number of amides is 1. The smallest absolute Gasteiger partial charge is 0.279 e. The number of halogens is 2. The number of hydrogen-bond acceptors (Lipinski definition) is 5. The molecule has 0 fully saturated rings. The Kier molecular flexibility index (Phi) is 6.49. The molecule has 1 aromatic heterocycles. The van der Waals surface area contributed by atoms with Gasteiger partial charge in [0.2, 0.25) is 0 Å². The molecule has 30 heavy (non-hydrogen) atoms. The second-order valence-electron chi connectivity index (χ2n) is 6.80. The van der Waals surface area contributed by atoms with Gasteiger partial charge in [0.15, 0.2) is 20.5 Å². The Morgan fingerprint density at radius 3 is 2.47 bits per heavy atom. The first kappa shape index (κ1) is 22.3. The van der Waals surface area contributed by atoms with Crippen molar-refractivity contribution < 1.29 is 26.7 Å². The Balaban J connectivity index is 2.06. The zero-order valence-corrected chi connectivity index (χ0v) is 18.2. The fraction of sp³-hybridized carbons (Fsp3) is 0.300. The number of methoxy groups -OCH3 is 1. The van der Waals surface area contributed by atoms with Gasteiger partial charge in [-0.05, 0) is 44.2 Å². The number of sulfone groups is 1. The van der Waals surface area contributed by atoms with E-state index in [1.807, 2.05) is 0 Å². The van der Waals surface area contributed by atoms with Crippen molar-refractivity contribution in [1.29, 1.82) is 0 Å². The van der Waals surface area contributed by atoms with Gasteiger partial charge in [0, 0.05) is 25.3 Å². The van der Waals surface area contributed by atoms with Gasteiger partial charge in [-0.2, -0.15) is 4.99 Å². The maximum absolute atomic E-state index is 14.4. The van der Waals surface area contributed by atoms with Crippen molar-refractivity contribution >= 4 is 37.3 Å². The lowest BCUT2D eigenvalue weighted by Gasteiger charge is -2.07. The molecule has 0 aliphatic rings. The Morgan fingerprint density at radius 1 is 1.20 bits per heavy atom. The molecular weight excluding hydrogens is 434 g/mol. The average molecular weight is 455 g/mol. The van der Waals surface area contributed by atoms with Crippen LogP contribution >= 0.6 is 11.3 Å². The first-order valence-electron chi connectivity index (χ1n) is 9.05. The number of nitrogens with zero attached hydrogens (tertiary/aromatic N) is 2. The van der Waals surface area contributed by atoms with Crippen LogP contribution in [-0.4, -0.2) is 37.9 Å². The molecule has 0 spiro atoms. The summed E-state index contributed by atoms with van der Waals surface area (Å²) in [7, 11) is -1.97. The summed E-state index contributed by atoms with van der Waals surface area (Å²) < 4.78 is 59.2. The van der Waals surface area contributed by atoms with E-state index in [1.165, 1.54) is 42.0 Å². The highest BCUT2D eigenvalue weighted by Crippen LogP contribution is 2.22. The minimum atomic E-state index is -3.46. The molecule has 0 N–H and O–H groups in total. The van der Waals surface area contributed by atoms with Crippen LogP contribution < -0.4 is 4.80 Å². The SMILES string of the molecule is COCCn1c(=NC(=O)c2ccc(S(=O)(=O)C(C)C)cc2)sc2cc(F)cc(F)c21. The maximum Gasteiger partial charge on any atom is 0.279 e. The summed E-state index contributed by atoms with van der Waals surface area (Å²) >= 11 is 0.981. The normalized spacial score (nSPS) is 12.8. The Bertz CT molecular complexity index is 1260. The second-order valence-corrected chi connectivity index (χ2v) is 10.3. The van der Waals surface area contributed by atoms with Gasteiger partial charge < -0.3 is 9.30 Å². The van der Waals surface area contributed by atoms with Crippen molar-refractivity contribution in [3.05, 3.63) is 58.4 Å². The zero-order chi connectivity index (χ0) is 22.1. The molecule has 0 atom stereocenters. The number of fused-ring (bicyclic) bond motifs is 1. The summed E-state index contributed by atoms with van der Waals surface area (Å²) in [5.41, 5.74) is 0.323. The highest BCUT2D eigenvalue weighted by molar-refractivity contribution is 7.92. The monoisotopic (exact) mass is 454 g/mol. The van der Waals surface area contributed by atoms with E-state index in [0.29, 0.717) is 4.70 Å². The van der Waals surface area contributed by atoms with E-state index in [-0.39, 0.29) is 33.9 Å². The van der Waals surface area contributed by atoms with Gasteiger partial charge in [0.1, 0.15) is 5.82 Å². The van der Waals surface area contributed by atoms with Gasteiger partial charge in [0.05, 0.1) is 27.0 Å². The minimum Gasteiger partial charge on any atom is -0.383 e. The summed E-state index contributed by atoms with van der Waals surface area (Å²) in [6.45, 7) is 3.61. The third-order valence-corrected chi connectivity index (χ3v) is 7.66. The Morgan fingerprint density at radius 2 is 1.87 bits per heavy atom. The molecule has 3 aromatic rings. The number of hydrogen-bond donors (Lipinski definition) is 0. The lowest BCUT2D eigenvalue weighted by atomic mass is 10.2. The van der Waals surface area contributed by atoms with Crippen molar-refractivity contribution in [2.45, 2.75) is 30.5 Å². The van der Waals surface area contributed by atoms with Gasteiger partial charge in [0.25, 0.3) is 5.91 Å². The van der Waals surface area contributed by atoms with Gasteiger partial charge in [-0.25, -0.2) is 17.2 Å². The maximum atomic E-state index is 14.4. The lowest BCUT2D eigenvalue weighted by Crippen LogP contribution is -2.20. The second kappa shape index (κ2) is 8.75. The molecule has 160 valence electrons. The van der Waals surface area contributed by atoms with Crippen LogP contribution in [0.1, 0.15) is 24.2 Å². The zero-order valence-electron chi connectivity index (χ0n) is 16.6. The molecule has 6 nitrogen and oxygen atoms in total. The van der Waals surface area contributed by atoms with E-state index in [4.69, 9.17) is 4.74 Å². The number of carbonyl (C=O) groups is 1. The van der Waals surface area contributed by atoms with Crippen LogP contribution in [-0.2, 0) is 21.1 Å². The van der Waals surface area contributed by atoms with Crippen molar-refractivity contribution in [3.63, 3.8) is 0 Å². The minimum absolute atomic E-state index is 0.114. The van der Waals surface area contributed by atoms with Crippen LogP contribution in [0.5, 0.6) is 0 Å². The molecule has 10 heteroatoms. The van der Waals surface area contributed by atoms with Gasteiger partial charge in [-0.1, -0.05) is 11.3 Å². The average Bonchev–Trinajstić information content (AvgIpc) is 3.03. The first-order valence-corrected chi connectivity index (χ1v) is 11.4. The predicted molar refractivity (Wildman–Crippen MR) is 110 cm³/mol. The van der Waals surface area contributed by atoms with Gasteiger partial charge in [-0.3, -0.25) is 4.79 Å². The van der Waals surface area contributed by atoms with Crippen molar-refractivity contribution in [1.82, 2.24) is 4.57 Å². The summed E-state index contributed by atoms with van der Waals surface area (Å²) in [5.74, 6) is -2.10. The van der Waals surface area contributed by atoms with Gasteiger partial charge >= 0.3 is 0 Å². The van der Waals surface area contributed by atoms with Gasteiger partial charge in [-0.15, -0.1) is 0 Å². The van der Waals surface area contributed by atoms with E-state index in [2.05, 4.69) is 4.99 Å². The standard InChI is InChI=1S/C20H20F2N2O4S2/c1-12(2)30(26,27)15-6-4-13(5-7-15)19(25)23-20-24(8-9-28-3)18-16(22)10-14(21)11-17(18)29-20/h4-7,10-12H,8-9H2,1-3H3. The van der Waals surface area contributed by atoms with Crippen LogP contribution in [0.25, 0.3) is 10.2 Å². The summed E-state index contributed by atoms with van der Waals surface area (Å²) in [6.07, 6.45) is 0. The molecular formula is C20H20F2N2O4S2. The highest BCUT2D eigenvalue weighted by Gasteiger charge is 2.19. The highest BCUT2D eigenvalue weighted by atomic mass is 32.2. The largest absolute Gasteiger partial charge is 0.383 e. The van der Waals surface area contributed by atoms with E-state index in [9.17, 15) is 22.0 Å². The number of aromatic nitrogens is 1. The van der Waals surface area contributed by atoms with E-state index in [0.717, 1.165) is 17.4 Å². The topological polar surface area (TPSA) is 77.7 Å².